The molecule has 2 N–H and O–H groups in total. The van der Waals surface area contributed by atoms with Gasteiger partial charge in [0, 0.05) is 23.6 Å². The number of hydrogen-bond acceptors (Lipinski definition) is 3. The van der Waals surface area contributed by atoms with Crippen LogP contribution < -0.4 is 15.5 Å². The third-order valence-electron chi connectivity index (χ3n) is 4.31. The van der Waals surface area contributed by atoms with E-state index in [-0.39, 0.29) is 17.9 Å². The Morgan fingerprint density at radius 2 is 2.14 bits per heavy atom. The van der Waals surface area contributed by atoms with Gasteiger partial charge in [0.15, 0.2) is 0 Å². The van der Waals surface area contributed by atoms with Crippen LogP contribution in [-0.4, -0.2) is 37.5 Å². The number of halogens is 1. The summed E-state index contributed by atoms with van der Waals surface area (Å²) in [4.78, 5) is 26.7. The monoisotopic (exact) mass is 365 g/mol. The Morgan fingerprint density at radius 1 is 1.32 bits per heavy atom. The molecular weight excluding hydrogens is 346 g/mol. The van der Waals surface area contributed by atoms with Crippen molar-refractivity contribution in [3.8, 4) is 0 Å². The van der Waals surface area contributed by atoms with E-state index in [1.807, 2.05) is 24.3 Å². The summed E-state index contributed by atoms with van der Waals surface area (Å²) in [7, 11) is 0. The third kappa shape index (κ3) is 3.17. The molecule has 1 aromatic carbocycles. The van der Waals surface area contributed by atoms with E-state index in [2.05, 4.69) is 26.6 Å². The van der Waals surface area contributed by atoms with Crippen LogP contribution in [0.5, 0.6) is 0 Å². The summed E-state index contributed by atoms with van der Waals surface area (Å²) in [6.07, 6.45) is 2.62. The van der Waals surface area contributed by atoms with Gasteiger partial charge in [0.25, 0.3) is 0 Å². The normalized spacial score (nSPS) is 25.3. The standard InChI is InChI=1S/C16H20BrN3O2/c17-13-5-1-2-6-14(13)20-9-7-12(16(20)22)15(21)19-11-4-3-8-18-10-11/h1-2,5-6,11-12,18H,3-4,7-10H2,(H,19,21). The van der Waals surface area contributed by atoms with E-state index in [4.69, 9.17) is 0 Å². The SMILES string of the molecule is O=C(NC1CCCNC1)C1CCN(c2ccccc2Br)C1=O. The van der Waals surface area contributed by atoms with Crippen LogP contribution in [0.4, 0.5) is 5.69 Å². The average Bonchev–Trinajstić information content (AvgIpc) is 2.90. The molecule has 2 fully saturated rings. The van der Waals surface area contributed by atoms with Crippen molar-refractivity contribution in [3.63, 3.8) is 0 Å². The van der Waals surface area contributed by atoms with E-state index in [0.29, 0.717) is 13.0 Å². The molecule has 1 aromatic rings. The molecule has 2 atom stereocenters. The summed E-state index contributed by atoms with van der Waals surface area (Å²) in [5.74, 6) is -0.796. The van der Waals surface area contributed by atoms with Gasteiger partial charge < -0.3 is 15.5 Å². The second-order valence-corrected chi connectivity index (χ2v) is 6.69. The van der Waals surface area contributed by atoms with Crippen molar-refractivity contribution in [1.29, 1.82) is 0 Å². The van der Waals surface area contributed by atoms with E-state index < -0.39 is 5.92 Å². The number of nitrogens with zero attached hydrogens (tertiary/aromatic N) is 1. The number of benzene rings is 1. The lowest BCUT2D eigenvalue weighted by atomic mass is 10.0. The van der Waals surface area contributed by atoms with Crippen LogP contribution in [0.15, 0.2) is 28.7 Å². The number of para-hydroxylation sites is 1. The molecule has 0 spiro atoms. The first-order valence-corrected chi connectivity index (χ1v) is 8.53. The van der Waals surface area contributed by atoms with Gasteiger partial charge in [0.1, 0.15) is 5.92 Å². The fourth-order valence-electron chi connectivity index (χ4n) is 3.11. The molecule has 3 rings (SSSR count). The number of hydrogen-bond donors (Lipinski definition) is 2. The smallest absolute Gasteiger partial charge is 0.239 e. The Balaban J connectivity index is 1.65. The summed E-state index contributed by atoms with van der Waals surface area (Å²) < 4.78 is 0.876. The van der Waals surface area contributed by atoms with Gasteiger partial charge in [-0.2, -0.15) is 0 Å². The van der Waals surface area contributed by atoms with Gasteiger partial charge >= 0.3 is 0 Å². The molecule has 2 aliphatic heterocycles. The molecular formula is C16H20BrN3O2. The van der Waals surface area contributed by atoms with Gasteiger partial charge in [0.2, 0.25) is 11.8 Å². The Bertz CT molecular complexity index is 572. The molecule has 6 heteroatoms. The molecule has 2 amide bonds. The van der Waals surface area contributed by atoms with Crippen LogP contribution in [-0.2, 0) is 9.59 Å². The lowest BCUT2D eigenvalue weighted by molar-refractivity contribution is -0.132. The molecule has 2 aliphatic rings. The Kier molecular flexibility index (Phi) is 4.78. The fraction of sp³-hybridized carbons (Fsp3) is 0.500. The first-order chi connectivity index (χ1) is 10.7. The second-order valence-electron chi connectivity index (χ2n) is 5.83. The van der Waals surface area contributed by atoms with Gasteiger partial charge in [-0.15, -0.1) is 0 Å². The van der Waals surface area contributed by atoms with E-state index in [0.717, 1.165) is 36.1 Å². The Labute approximate surface area is 138 Å². The molecule has 118 valence electrons. The molecule has 0 aromatic heterocycles. The number of rotatable bonds is 3. The van der Waals surface area contributed by atoms with Crippen LogP contribution in [0.25, 0.3) is 0 Å². The minimum atomic E-state index is -0.561. The Hall–Kier alpha value is -1.40. The van der Waals surface area contributed by atoms with Gasteiger partial charge in [-0.1, -0.05) is 12.1 Å². The van der Waals surface area contributed by atoms with Crippen LogP contribution >= 0.6 is 15.9 Å². The maximum absolute atomic E-state index is 12.6. The van der Waals surface area contributed by atoms with Crippen LogP contribution in [0.2, 0.25) is 0 Å². The van der Waals surface area contributed by atoms with E-state index in [1.165, 1.54) is 0 Å². The van der Waals surface area contributed by atoms with Crippen LogP contribution in [0.1, 0.15) is 19.3 Å². The van der Waals surface area contributed by atoms with E-state index >= 15 is 0 Å². The topological polar surface area (TPSA) is 61.4 Å². The summed E-state index contributed by atoms with van der Waals surface area (Å²) in [6, 6.07) is 7.76. The predicted octanol–water partition coefficient (Wildman–Crippen LogP) is 1.67. The minimum absolute atomic E-state index is 0.104. The van der Waals surface area contributed by atoms with Gasteiger partial charge in [-0.3, -0.25) is 9.59 Å². The minimum Gasteiger partial charge on any atom is -0.351 e. The predicted molar refractivity (Wildman–Crippen MR) is 88.6 cm³/mol. The maximum atomic E-state index is 12.6. The van der Waals surface area contributed by atoms with Crippen molar-refractivity contribution in [2.24, 2.45) is 5.92 Å². The number of anilines is 1. The Morgan fingerprint density at radius 3 is 2.86 bits per heavy atom. The highest BCUT2D eigenvalue weighted by molar-refractivity contribution is 9.10. The van der Waals surface area contributed by atoms with Crippen molar-refractivity contribution in [2.45, 2.75) is 25.3 Å². The van der Waals surface area contributed by atoms with Crippen LogP contribution in [0, 0.1) is 5.92 Å². The fourth-order valence-corrected chi connectivity index (χ4v) is 3.61. The van der Waals surface area contributed by atoms with Gasteiger partial charge in [0.05, 0.1) is 5.69 Å². The lowest BCUT2D eigenvalue weighted by Crippen LogP contribution is -2.48. The molecule has 0 bridgehead atoms. The van der Waals surface area contributed by atoms with E-state index in [9.17, 15) is 9.59 Å². The second kappa shape index (κ2) is 6.79. The summed E-state index contributed by atoms with van der Waals surface area (Å²) >= 11 is 3.47. The third-order valence-corrected chi connectivity index (χ3v) is 4.98. The van der Waals surface area contributed by atoms with E-state index in [1.54, 1.807) is 4.90 Å². The van der Waals surface area contributed by atoms with Crippen LogP contribution in [0.3, 0.4) is 0 Å². The van der Waals surface area contributed by atoms with Gasteiger partial charge in [-0.05, 0) is 53.9 Å². The van der Waals surface area contributed by atoms with Crippen molar-refractivity contribution in [2.75, 3.05) is 24.5 Å². The molecule has 0 saturated carbocycles. The van der Waals surface area contributed by atoms with Crippen molar-refractivity contribution < 1.29 is 9.59 Å². The molecule has 5 nitrogen and oxygen atoms in total. The molecule has 2 saturated heterocycles. The zero-order valence-corrected chi connectivity index (χ0v) is 13.9. The quantitative estimate of drug-likeness (QED) is 0.801. The lowest BCUT2D eigenvalue weighted by Gasteiger charge is -2.25. The first-order valence-electron chi connectivity index (χ1n) is 7.74. The zero-order chi connectivity index (χ0) is 15.5. The first kappa shape index (κ1) is 15.5. The largest absolute Gasteiger partial charge is 0.351 e. The van der Waals surface area contributed by atoms with Crippen molar-refractivity contribution in [1.82, 2.24) is 10.6 Å². The number of amides is 2. The number of nitrogens with one attached hydrogen (secondary N) is 2. The molecule has 2 heterocycles. The molecule has 0 aliphatic carbocycles. The summed E-state index contributed by atoms with van der Waals surface area (Å²) in [6.45, 7) is 2.38. The summed E-state index contributed by atoms with van der Waals surface area (Å²) in [5.41, 5.74) is 0.835. The molecule has 2 unspecified atom stereocenters. The zero-order valence-electron chi connectivity index (χ0n) is 12.3. The highest BCUT2D eigenvalue weighted by Gasteiger charge is 2.38. The highest BCUT2D eigenvalue weighted by atomic mass is 79.9. The molecule has 22 heavy (non-hydrogen) atoms. The molecule has 0 radical (unpaired) electrons. The summed E-state index contributed by atoms with van der Waals surface area (Å²) in [5, 5.41) is 6.28. The average molecular weight is 366 g/mol. The number of carbonyl (C=O) groups excluding carboxylic acids is 2. The number of piperidine rings is 1. The van der Waals surface area contributed by atoms with Gasteiger partial charge in [-0.25, -0.2) is 0 Å². The highest BCUT2D eigenvalue weighted by Crippen LogP contribution is 2.31. The maximum Gasteiger partial charge on any atom is 0.239 e. The number of carbonyl (C=O) groups is 2. The van der Waals surface area contributed by atoms with Crippen molar-refractivity contribution in [3.05, 3.63) is 28.7 Å². The van der Waals surface area contributed by atoms with Crippen molar-refractivity contribution >= 4 is 33.4 Å².